The molecule has 0 aromatic rings. The number of esters is 1. The minimum absolute atomic E-state index is 0.0831. The summed E-state index contributed by atoms with van der Waals surface area (Å²) in [6.45, 7) is 7.62. The van der Waals surface area contributed by atoms with Gasteiger partial charge in [-0.1, -0.05) is 13.8 Å². The number of aliphatic hydroxyl groups excluding tert-OH is 1. The first-order valence-electron chi connectivity index (χ1n) is 13.6. The highest BCUT2D eigenvalue weighted by Crippen LogP contribution is 2.35. The van der Waals surface area contributed by atoms with E-state index in [4.69, 9.17) is 14.2 Å². The second kappa shape index (κ2) is 12.3. The largest absolute Gasteiger partial charge is 0.461 e. The van der Waals surface area contributed by atoms with Gasteiger partial charge < -0.3 is 29.3 Å². The van der Waals surface area contributed by atoms with Crippen LogP contribution < -0.4 is 0 Å². The first kappa shape index (κ1) is 29.0. The van der Waals surface area contributed by atoms with Crippen LogP contribution in [0, 0.1) is 17.8 Å². The van der Waals surface area contributed by atoms with Crippen molar-refractivity contribution in [3.63, 3.8) is 0 Å². The molecule has 2 heterocycles. The zero-order chi connectivity index (χ0) is 26.6. The lowest BCUT2D eigenvalue weighted by atomic mass is 9.79. The summed E-state index contributed by atoms with van der Waals surface area (Å²) >= 11 is 0. The van der Waals surface area contributed by atoms with Gasteiger partial charge in [-0.15, -0.1) is 0 Å². The number of amides is 1. The van der Waals surface area contributed by atoms with E-state index >= 15 is 0 Å². The Labute approximate surface area is 214 Å². The summed E-state index contributed by atoms with van der Waals surface area (Å²) in [7, 11) is 1.62. The van der Waals surface area contributed by atoms with Crippen LogP contribution in [-0.2, 0) is 28.6 Å². The molecule has 1 amide bonds. The number of hydrogen-bond acceptors (Lipinski definition) is 8. The fourth-order valence-corrected chi connectivity index (χ4v) is 5.90. The van der Waals surface area contributed by atoms with Gasteiger partial charge in [0.05, 0.1) is 18.3 Å². The van der Waals surface area contributed by atoms with Crippen LogP contribution in [-0.4, -0.2) is 82.7 Å². The molecule has 0 bridgehead atoms. The maximum Gasteiger partial charge on any atom is 0.329 e. The SMILES string of the molecule is COC1CC(CC(C)C(C)OC(=O)C2CCCCN2C(=O)C(=O)C2(O)OC(C)CCC2C)CCC1O. The maximum atomic E-state index is 13.2. The van der Waals surface area contributed by atoms with E-state index < -0.39 is 41.5 Å². The number of nitrogens with zero attached hydrogens (tertiary/aromatic N) is 1. The molecule has 2 aliphatic heterocycles. The summed E-state index contributed by atoms with van der Waals surface area (Å²) < 4.78 is 16.8. The molecule has 1 aliphatic carbocycles. The molecular formula is C27H45NO8. The third-order valence-electron chi connectivity index (χ3n) is 8.59. The molecule has 9 unspecified atom stereocenters. The summed E-state index contributed by atoms with van der Waals surface area (Å²) in [5.74, 6) is -4.63. The Kier molecular flexibility index (Phi) is 9.94. The molecule has 206 valence electrons. The van der Waals surface area contributed by atoms with E-state index in [1.165, 1.54) is 4.90 Å². The van der Waals surface area contributed by atoms with Crippen molar-refractivity contribution in [3.8, 4) is 0 Å². The highest BCUT2D eigenvalue weighted by Gasteiger charge is 2.52. The third-order valence-corrected chi connectivity index (χ3v) is 8.59. The Hall–Kier alpha value is -1.55. The summed E-state index contributed by atoms with van der Waals surface area (Å²) in [4.78, 5) is 40.8. The van der Waals surface area contributed by atoms with E-state index in [0.717, 1.165) is 25.7 Å². The Morgan fingerprint density at radius 1 is 1.08 bits per heavy atom. The van der Waals surface area contributed by atoms with Gasteiger partial charge in [0.1, 0.15) is 12.1 Å². The molecule has 0 aromatic carbocycles. The number of hydrogen-bond donors (Lipinski definition) is 2. The Morgan fingerprint density at radius 2 is 1.81 bits per heavy atom. The summed E-state index contributed by atoms with van der Waals surface area (Å²) in [5.41, 5.74) is 0. The van der Waals surface area contributed by atoms with Crippen molar-refractivity contribution in [1.82, 2.24) is 4.90 Å². The van der Waals surface area contributed by atoms with E-state index in [2.05, 4.69) is 0 Å². The molecular weight excluding hydrogens is 466 g/mol. The molecule has 3 fully saturated rings. The van der Waals surface area contributed by atoms with E-state index in [-0.39, 0.29) is 30.8 Å². The molecule has 0 spiro atoms. The Balaban J connectivity index is 1.61. The highest BCUT2D eigenvalue weighted by atomic mass is 16.6. The van der Waals surface area contributed by atoms with Crippen LogP contribution >= 0.6 is 0 Å². The molecule has 36 heavy (non-hydrogen) atoms. The molecule has 9 atom stereocenters. The van der Waals surface area contributed by atoms with Gasteiger partial charge in [-0.2, -0.15) is 0 Å². The minimum Gasteiger partial charge on any atom is -0.461 e. The fourth-order valence-electron chi connectivity index (χ4n) is 5.90. The number of ether oxygens (including phenoxy) is 3. The normalized spacial score (nSPS) is 37.1. The van der Waals surface area contributed by atoms with Crippen molar-refractivity contribution >= 4 is 17.7 Å². The van der Waals surface area contributed by atoms with Crippen LogP contribution in [0.3, 0.4) is 0 Å². The van der Waals surface area contributed by atoms with Crippen molar-refractivity contribution in [1.29, 1.82) is 0 Å². The van der Waals surface area contributed by atoms with Gasteiger partial charge in [0, 0.05) is 19.6 Å². The number of carbonyl (C=O) groups is 3. The molecule has 3 rings (SSSR count). The fraction of sp³-hybridized carbons (Fsp3) is 0.889. The second-order valence-electron chi connectivity index (χ2n) is 11.3. The zero-order valence-electron chi connectivity index (χ0n) is 22.5. The van der Waals surface area contributed by atoms with E-state index in [9.17, 15) is 24.6 Å². The summed E-state index contributed by atoms with van der Waals surface area (Å²) in [6, 6.07) is -0.854. The number of carbonyl (C=O) groups excluding carboxylic acids is 3. The molecule has 3 aliphatic rings. The predicted octanol–water partition coefficient (Wildman–Crippen LogP) is 2.59. The number of Topliss-reactive ketones (excluding diaryl/α,β-unsaturated/α-hetero) is 1. The lowest BCUT2D eigenvalue weighted by Crippen LogP contribution is -2.60. The van der Waals surface area contributed by atoms with Gasteiger partial charge in [0.15, 0.2) is 0 Å². The lowest BCUT2D eigenvalue weighted by Gasteiger charge is -2.41. The standard InChI is InChI=1S/C27H45NO8/c1-16(14-20-11-12-22(29)23(15-20)34-5)19(4)35-26(32)21-8-6-7-13-28(21)25(31)24(30)27(33)17(2)9-10-18(3)36-27/h16-23,29,33H,6-15H2,1-5H3. The third kappa shape index (κ3) is 6.47. The van der Waals surface area contributed by atoms with Gasteiger partial charge in [-0.3, -0.25) is 9.59 Å². The van der Waals surface area contributed by atoms with Crippen molar-refractivity contribution in [2.24, 2.45) is 17.8 Å². The van der Waals surface area contributed by atoms with Crippen LogP contribution in [0.2, 0.25) is 0 Å². The Morgan fingerprint density at radius 3 is 2.50 bits per heavy atom. The number of likely N-dealkylation sites (tertiary alicyclic amines) is 1. The van der Waals surface area contributed by atoms with Crippen LogP contribution in [0.15, 0.2) is 0 Å². The van der Waals surface area contributed by atoms with Gasteiger partial charge in [-0.25, -0.2) is 4.79 Å². The van der Waals surface area contributed by atoms with Crippen LogP contribution in [0.5, 0.6) is 0 Å². The maximum absolute atomic E-state index is 13.2. The average Bonchev–Trinajstić information content (AvgIpc) is 2.86. The lowest BCUT2D eigenvalue weighted by molar-refractivity contribution is -0.259. The van der Waals surface area contributed by atoms with Crippen LogP contribution in [0.25, 0.3) is 0 Å². The number of aliphatic hydroxyl groups is 2. The number of rotatable bonds is 8. The van der Waals surface area contributed by atoms with Gasteiger partial charge in [-0.05, 0) is 83.5 Å². The van der Waals surface area contributed by atoms with Crippen molar-refractivity contribution < 1.29 is 38.8 Å². The van der Waals surface area contributed by atoms with Crippen molar-refractivity contribution in [3.05, 3.63) is 0 Å². The monoisotopic (exact) mass is 511 g/mol. The van der Waals surface area contributed by atoms with Gasteiger partial charge in [0.25, 0.3) is 11.7 Å². The zero-order valence-corrected chi connectivity index (χ0v) is 22.5. The average molecular weight is 512 g/mol. The van der Waals surface area contributed by atoms with E-state index in [0.29, 0.717) is 38.0 Å². The quantitative estimate of drug-likeness (QED) is 0.377. The first-order valence-corrected chi connectivity index (χ1v) is 13.6. The molecule has 0 radical (unpaired) electrons. The summed E-state index contributed by atoms with van der Waals surface area (Å²) in [6.07, 6.45) is 5.03. The van der Waals surface area contributed by atoms with Gasteiger partial charge in [0.2, 0.25) is 5.79 Å². The van der Waals surface area contributed by atoms with Gasteiger partial charge >= 0.3 is 5.97 Å². The summed E-state index contributed by atoms with van der Waals surface area (Å²) in [5, 5.41) is 21.0. The number of ketones is 1. The first-order chi connectivity index (χ1) is 17.0. The second-order valence-corrected chi connectivity index (χ2v) is 11.3. The topological polar surface area (TPSA) is 123 Å². The van der Waals surface area contributed by atoms with E-state index in [1.54, 1.807) is 21.0 Å². The van der Waals surface area contributed by atoms with Crippen molar-refractivity contribution in [2.45, 2.75) is 122 Å². The van der Waals surface area contributed by atoms with Crippen molar-refractivity contribution in [2.75, 3.05) is 13.7 Å². The molecule has 9 heteroatoms. The van der Waals surface area contributed by atoms with Crippen LogP contribution in [0.4, 0.5) is 0 Å². The van der Waals surface area contributed by atoms with Crippen LogP contribution in [0.1, 0.15) is 85.5 Å². The predicted molar refractivity (Wildman–Crippen MR) is 132 cm³/mol. The minimum atomic E-state index is -2.17. The molecule has 9 nitrogen and oxygen atoms in total. The highest BCUT2D eigenvalue weighted by molar-refractivity contribution is 6.39. The number of methoxy groups -OCH3 is 1. The molecule has 1 saturated carbocycles. The smallest absolute Gasteiger partial charge is 0.329 e. The Bertz CT molecular complexity index is 790. The molecule has 2 saturated heterocycles. The van der Waals surface area contributed by atoms with E-state index in [1.807, 2.05) is 13.8 Å². The molecule has 2 N–H and O–H groups in total. The number of piperidine rings is 1. The molecule has 0 aromatic heterocycles.